The zero-order valence-corrected chi connectivity index (χ0v) is 10.6. The molecule has 0 amide bonds. The first-order valence-electron chi connectivity index (χ1n) is 6.89. The third kappa shape index (κ3) is 2.05. The van der Waals surface area contributed by atoms with Crippen molar-refractivity contribution in [1.29, 1.82) is 0 Å². The smallest absolute Gasteiger partial charge is 0.266 e. The van der Waals surface area contributed by atoms with Gasteiger partial charge in [-0.3, -0.25) is 0 Å². The number of hydrogen-bond donors (Lipinski definition) is 0. The third-order valence-corrected chi connectivity index (χ3v) is 4.31. The monoisotopic (exact) mass is 235 g/mol. The van der Waals surface area contributed by atoms with Crippen molar-refractivity contribution < 1.29 is 4.52 Å². The van der Waals surface area contributed by atoms with Gasteiger partial charge in [0.05, 0.1) is 0 Å². The summed E-state index contributed by atoms with van der Waals surface area (Å²) in [5.74, 6) is 1.60. The highest BCUT2D eigenvalue weighted by atomic mass is 16.5. The summed E-state index contributed by atoms with van der Waals surface area (Å²) in [6, 6.07) is 0. The topological polar surface area (TPSA) is 42.2 Å². The van der Waals surface area contributed by atoms with Crippen LogP contribution in [-0.4, -0.2) is 23.2 Å². The lowest BCUT2D eigenvalue weighted by Gasteiger charge is -2.22. The van der Waals surface area contributed by atoms with E-state index >= 15 is 0 Å². The van der Waals surface area contributed by atoms with Crippen LogP contribution in [0.15, 0.2) is 4.52 Å². The molecule has 0 bridgehead atoms. The minimum Gasteiger partial charge on any atom is -0.338 e. The summed E-state index contributed by atoms with van der Waals surface area (Å²) in [4.78, 5) is 6.80. The van der Waals surface area contributed by atoms with E-state index in [1.54, 1.807) is 0 Å². The van der Waals surface area contributed by atoms with Crippen molar-refractivity contribution in [2.45, 2.75) is 51.9 Å². The SMILES string of the molecule is CCCc1nc(N2CCC3(CCCC3)C2)no1. The fourth-order valence-electron chi connectivity index (χ4n) is 3.33. The van der Waals surface area contributed by atoms with Gasteiger partial charge < -0.3 is 9.42 Å². The molecule has 4 nitrogen and oxygen atoms in total. The molecule has 0 radical (unpaired) electrons. The van der Waals surface area contributed by atoms with E-state index in [1.807, 2.05) is 0 Å². The molecule has 1 aromatic heterocycles. The van der Waals surface area contributed by atoms with Crippen LogP contribution in [0.2, 0.25) is 0 Å². The van der Waals surface area contributed by atoms with Crippen molar-refractivity contribution in [3.05, 3.63) is 5.89 Å². The van der Waals surface area contributed by atoms with Crippen LogP contribution in [0.1, 0.15) is 51.3 Å². The number of aryl methyl sites for hydroxylation is 1. The summed E-state index contributed by atoms with van der Waals surface area (Å²) >= 11 is 0. The Hall–Kier alpha value is -1.06. The van der Waals surface area contributed by atoms with Gasteiger partial charge in [-0.2, -0.15) is 4.98 Å². The first-order valence-corrected chi connectivity index (χ1v) is 6.89. The highest BCUT2D eigenvalue weighted by molar-refractivity contribution is 5.31. The lowest BCUT2D eigenvalue weighted by atomic mass is 9.86. The predicted octanol–water partition coefficient (Wildman–Crippen LogP) is 2.79. The summed E-state index contributed by atoms with van der Waals surface area (Å²) in [7, 11) is 0. The third-order valence-electron chi connectivity index (χ3n) is 4.31. The molecule has 94 valence electrons. The van der Waals surface area contributed by atoms with E-state index < -0.39 is 0 Å². The molecule has 0 atom stereocenters. The summed E-state index contributed by atoms with van der Waals surface area (Å²) < 4.78 is 5.27. The Labute approximate surface area is 102 Å². The molecule has 2 heterocycles. The van der Waals surface area contributed by atoms with Crippen LogP contribution in [-0.2, 0) is 6.42 Å². The second kappa shape index (κ2) is 4.31. The lowest BCUT2D eigenvalue weighted by Crippen LogP contribution is -2.25. The molecule has 1 aliphatic heterocycles. The molecule has 1 saturated carbocycles. The molecule has 0 N–H and O–H groups in total. The summed E-state index contributed by atoms with van der Waals surface area (Å²) in [6.07, 6.45) is 8.86. The Bertz CT molecular complexity index is 382. The van der Waals surface area contributed by atoms with E-state index in [0.717, 1.165) is 37.8 Å². The van der Waals surface area contributed by atoms with Crippen LogP contribution < -0.4 is 4.90 Å². The fraction of sp³-hybridized carbons (Fsp3) is 0.846. The highest BCUT2D eigenvalue weighted by Crippen LogP contribution is 2.45. The van der Waals surface area contributed by atoms with Gasteiger partial charge in [0.1, 0.15) is 0 Å². The lowest BCUT2D eigenvalue weighted by molar-refractivity contribution is 0.339. The van der Waals surface area contributed by atoms with Gasteiger partial charge in [-0.25, -0.2) is 0 Å². The first kappa shape index (κ1) is 11.1. The van der Waals surface area contributed by atoms with Crippen molar-refractivity contribution in [2.75, 3.05) is 18.0 Å². The molecule has 1 saturated heterocycles. The molecule has 0 aromatic carbocycles. The molecular weight excluding hydrogens is 214 g/mol. The molecule has 1 aromatic rings. The molecule has 2 fully saturated rings. The molecule has 3 rings (SSSR count). The summed E-state index contributed by atoms with van der Waals surface area (Å²) in [5.41, 5.74) is 0.575. The standard InChI is InChI=1S/C13H21N3O/c1-2-5-11-14-12(15-17-11)16-9-8-13(10-16)6-3-4-7-13/h2-10H2,1H3. The second-order valence-corrected chi connectivity index (χ2v) is 5.62. The van der Waals surface area contributed by atoms with Crippen LogP contribution in [0.25, 0.3) is 0 Å². The zero-order valence-electron chi connectivity index (χ0n) is 10.6. The van der Waals surface area contributed by atoms with Crippen LogP contribution >= 0.6 is 0 Å². The van der Waals surface area contributed by atoms with Crippen LogP contribution in [0.3, 0.4) is 0 Å². The first-order chi connectivity index (χ1) is 8.31. The van der Waals surface area contributed by atoms with E-state index in [-0.39, 0.29) is 0 Å². The van der Waals surface area contributed by atoms with Crippen molar-refractivity contribution >= 4 is 5.95 Å². The number of anilines is 1. The van der Waals surface area contributed by atoms with Gasteiger partial charge in [-0.05, 0) is 36.3 Å². The maximum absolute atomic E-state index is 5.27. The van der Waals surface area contributed by atoms with Crippen LogP contribution in [0, 0.1) is 5.41 Å². The largest absolute Gasteiger partial charge is 0.338 e. The van der Waals surface area contributed by atoms with Crippen LogP contribution in [0.4, 0.5) is 5.95 Å². The van der Waals surface area contributed by atoms with Crippen molar-refractivity contribution in [3.63, 3.8) is 0 Å². The van der Waals surface area contributed by atoms with Gasteiger partial charge in [0.2, 0.25) is 5.89 Å². The van der Waals surface area contributed by atoms with Gasteiger partial charge >= 0.3 is 0 Å². The van der Waals surface area contributed by atoms with Crippen molar-refractivity contribution in [2.24, 2.45) is 5.41 Å². The van der Waals surface area contributed by atoms with E-state index in [0.29, 0.717) is 5.41 Å². The van der Waals surface area contributed by atoms with Gasteiger partial charge in [-0.15, -0.1) is 0 Å². The van der Waals surface area contributed by atoms with Gasteiger partial charge in [-0.1, -0.05) is 19.8 Å². The molecule has 1 aliphatic carbocycles. The summed E-state index contributed by atoms with van der Waals surface area (Å²) in [6.45, 7) is 4.37. The van der Waals surface area contributed by atoms with E-state index in [1.165, 1.54) is 32.1 Å². The normalized spacial score (nSPS) is 22.8. The Morgan fingerprint density at radius 3 is 2.88 bits per heavy atom. The quantitative estimate of drug-likeness (QED) is 0.808. The average molecular weight is 235 g/mol. The minimum absolute atomic E-state index is 0.575. The van der Waals surface area contributed by atoms with Crippen molar-refractivity contribution in [1.82, 2.24) is 10.1 Å². The highest BCUT2D eigenvalue weighted by Gasteiger charge is 2.41. The maximum Gasteiger partial charge on any atom is 0.266 e. The van der Waals surface area contributed by atoms with E-state index in [9.17, 15) is 0 Å². The summed E-state index contributed by atoms with van der Waals surface area (Å²) in [5, 5.41) is 4.11. The van der Waals surface area contributed by atoms with Gasteiger partial charge in [0.25, 0.3) is 5.95 Å². The number of rotatable bonds is 3. The fourth-order valence-corrected chi connectivity index (χ4v) is 3.33. The van der Waals surface area contributed by atoms with Crippen molar-refractivity contribution in [3.8, 4) is 0 Å². The number of hydrogen-bond acceptors (Lipinski definition) is 4. The van der Waals surface area contributed by atoms with E-state index in [4.69, 9.17) is 4.52 Å². The Kier molecular flexibility index (Phi) is 2.81. The minimum atomic E-state index is 0.575. The molecule has 1 spiro atoms. The maximum atomic E-state index is 5.27. The Morgan fingerprint density at radius 1 is 1.29 bits per heavy atom. The molecule has 17 heavy (non-hydrogen) atoms. The van der Waals surface area contributed by atoms with Crippen LogP contribution in [0.5, 0.6) is 0 Å². The molecule has 0 unspecified atom stereocenters. The Morgan fingerprint density at radius 2 is 2.12 bits per heavy atom. The molecule has 2 aliphatic rings. The molecular formula is C13H21N3O. The second-order valence-electron chi connectivity index (χ2n) is 5.62. The zero-order chi connectivity index (χ0) is 11.7. The van der Waals surface area contributed by atoms with Gasteiger partial charge in [0.15, 0.2) is 0 Å². The predicted molar refractivity (Wildman–Crippen MR) is 66.0 cm³/mol. The number of nitrogens with zero attached hydrogens (tertiary/aromatic N) is 3. The average Bonchev–Trinajstić information content (AvgIpc) is 3.03. The van der Waals surface area contributed by atoms with E-state index in [2.05, 4.69) is 22.0 Å². The Balaban J connectivity index is 1.68. The van der Waals surface area contributed by atoms with Gasteiger partial charge in [0, 0.05) is 19.5 Å². The number of aromatic nitrogens is 2. The molecule has 4 heteroatoms.